The van der Waals surface area contributed by atoms with Gasteiger partial charge in [-0.1, -0.05) is 93.9 Å². The minimum absolute atomic E-state index is 0.00639. The molecule has 5 aromatic heterocycles. The Labute approximate surface area is 341 Å². The molecule has 2 atom stereocenters. The van der Waals surface area contributed by atoms with Gasteiger partial charge >= 0.3 is 0 Å². The van der Waals surface area contributed by atoms with E-state index in [2.05, 4.69) is 143 Å². The Morgan fingerprint density at radius 2 is 1.05 bits per heavy atom. The summed E-state index contributed by atoms with van der Waals surface area (Å²) in [5.74, 6) is 1.02. The zero-order valence-electron chi connectivity index (χ0n) is 34.1. The van der Waals surface area contributed by atoms with Crippen LogP contribution in [0.5, 0.6) is 0 Å². The molecule has 13 heteroatoms. The van der Waals surface area contributed by atoms with Crippen molar-refractivity contribution in [3.8, 4) is 11.1 Å². The molecule has 0 aliphatic carbocycles. The number of rotatable bonds is 9. The first-order valence-corrected chi connectivity index (χ1v) is 19.8. The highest BCUT2D eigenvalue weighted by molar-refractivity contribution is 9.10. The number of halogens is 1. The third kappa shape index (κ3) is 10.6. The summed E-state index contributed by atoms with van der Waals surface area (Å²) < 4.78 is 6.30. The molecule has 0 amide bonds. The molecule has 2 aromatic carbocycles. The molecule has 296 valence electrons. The molecule has 7 aromatic rings. The predicted molar refractivity (Wildman–Crippen MR) is 233 cm³/mol. The van der Waals surface area contributed by atoms with Crippen LogP contribution in [0.4, 0.5) is 11.9 Å². The van der Waals surface area contributed by atoms with Gasteiger partial charge in [0.2, 0.25) is 11.9 Å². The number of anilines is 2. The molecule has 0 aliphatic rings. The number of hydrogen-bond acceptors (Lipinski definition) is 9. The minimum atomic E-state index is -0.0499. The average molecular weight is 832 g/mol. The van der Waals surface area contributed by atoms with Gasteiger partial charge in [-0.05, 0) is 65.6 Å². The van der Waals surface area contributed by atoms with Crippen molar-refractivity contribution in [3.63, 3.8) is 0 Å². The SMILES string of the molecule is C[C@H](Nc1ncc2ccc(=O)n(CC(C)(C)C)c2n1)c1ccc(-c2cnn(C)c2)cc1.C[C@H](Nc1ncc2ccc(=O)n(CC(C)(C)C)c2n1)c1ccc(Br)cc1. The van der Waals surface area contributed by atoms with E-state index in [4.69, 9.17) is 0 Å². The van der Waals surface area contributed by atoms with E-state index in [-0.39, 0.29) is 34.0 Å². The van der Waals surface area contributed by atoms with Gasteiger partial charge in [-0.3, -0.25) is 23.4 Å². The van der Waals surface area contributed by atoms with Gasteiger partial charge in [0, 0.05) is 71.7 Å². The number of hydrogen-bond donors (Lipinski definition) is 2. The molecule has 7 rings (SSSR count). The van der Waals surface area contributed by atoms with E-state index in [0.29, 0.717) is 36.3 Å². The van der Waals surface area contributed by atoms with Crippen molar-refractivity contribution in [2.24, 2.45) is 17.9 Å². The van der Waals surface area contributed by atoms with Crippen molar-refractivity contribution in [1.82, 2.24) is 38.9 Å². The lowest BCUT2D eigenvalue weighted by atomic mass is 9.96. The lowest BCUT2D eigenvalue weighted by Crippen LogP contribution is -2.27. The molecule has 0 radical (unpaired) electrons. The molecule has 0 saturated heterocycles. The van der Waals surface area contributed by atoms with Crippen LogP contribution in [0.3, 0.4) is 0 Å². The summed E-state index contributed by atoms with van der Waals surface area (Å²) in [4.78, 5) is 43.1. The maximum atomic E-state index is 12.5. The first-order valence-electron chi connectivity index (χ1n) is 19.0. The van der Waals surface area contributed by atoms with Crippen molar-refractivity contribution < 1.29 is 0 Å². The quantitative estimate of drug-likeness (QED) is 0.146. The van der Waals surface area contributed by atoms with E-state index in [9.17, 15) is 9.59 Å². The van der Waals surface area contributed by atoms with Crippen LogP contribution in [-0.2, 0) is 20.1 Å². The van der Waals surface area contributed by atoms with Crippen LogP contribution in [0.1, 0.15) is 78.6 Å². The summed E-state index contributed by atoms with van der Waals surface area (Å²) in [6, 6.07) is 23.3. The van der Waals surface area contributed by atoms with Crippen LogP contribution in [0, 0.1) is 10.8 Å². The molecule has 57 heavy (non-hydrogen) atoms. The van der Waals surface area contributed by atoms with Crippen molar-refractivity contribution in [3.05, 3.63) is 134 Å². The molecule has 0 unspecified atom stereocenters. The predicted octanol–water partition coefficient (Wildman–Crippen LogP) is 9.18. The van der Waals surface area contributed by atoms with E-state index in [1.54, 1.807) is 50.5 Å². The zero-order valence-corrected chi connectivity index (χ0v) is 35.7. The van der Waals surface area contributed by atoms with Gasteiger partial charge in [-0.2, -0.15) is 15.1 Å². The third-order valence-corrected chi connectivity index (χ3v) is 9.75. The molecule has 0 bridgehead atoms. The Kier molecular flexibility index (Phi) is 12.1. The normalized spacial score (nSPS) is 12.9. The fourth-order valence-corrected chi connectivity index (χ4v) is 6.64. The van der Waals surface area contributed by atoms with Crippen LogP contribution in [0.25, 0.3) is 33.2 Å². The fourth-order valence-electron chi connectivity index (χ4n) is 6.38. The standard InChI is InChI=1S/C24H28N6O.C20H23BrN4O/c1-16(17-6-8-18(9-7-17)20-13-26-29(5)14-20)27-23-25-12-19-10-11-21(31)30(22(19)28-23)15-24(2,3)4;1-13(14-5-8-16(21)9-6-14)23-19-22-11-15-7-10-17(26)25(18(15)24-19)12-20(2,3)4/h6-14,16H,15H2,1-5H3,(H,25,27,28);5-11,13H,12H2,1-4H3,(H,22,23,24)/t16-;13-/m00/s1. The highest BCUT2D eigenvalue weighted by Crippen LogP contribution is 2.25. The number of nitrogens with one attached hydrogen (secondary N) is 2. The highest BCUT2D eigenvalue weighted by Gasteiger charge is 2.18. The van der Waals surface area contributed by atoms with Gasteiger partial charge in [-0.15, -0.1) is 0 Å². The van der Waals surface area contributed by atoms with Crippen LogP contribution in [0.15, 0.2) is 112 Å². The van der Waals surface area contributed by atoms with Gasteiger partial charge in [0.05, 0.1) is 18.3 Å². The van der Waals surface area contributed by atoms with Crippen LogP contribution in [0.2, 0.25) is 0 Å². The van der Waals surface area contributed by atoms with E-state index in [0.717, 1.165) is 37.5 Å². The maximum absolute atomic E-state index is 12.5. The van der Waals surface area contributed by atoms with Crippen molar-refractivity contribution >= 4 is 49.9 Å². The van der Waals surface area contributed by atoms with E-state index in [1.807, 2.05) is 31.6 Å². The summed E-state index contributed by atoms with van der Waals surface area (Å²) in [7, 11) is 1.91. The number of nitrogens with zero attached hydrogens (tertiary/aromatic N) is 8. The second kappa shape index (κ2) is 16.8. The van der Waals surface area contributed by atoms with Crippen molar-refractivity contribution in [1.29, 1.82) is 0 Å². The van der Waals surface area contributed by atoms with Crippen molar-refractivity contribution in [2.75, 3.05) is 10.6 Å². The molecule has 5 heterocycles. The minimum Gasteiger partial charge on any atom is -0.348 e. The van der Waals surface area contributed by atoms with Gasteiger partial charge in [0.1, 0.15) is 11.3 Å². The van der Waals surface area contributed by atoms with Crippen LogP contribution < -0.4 is 21.8 Å². The second-order valence-corrected chi connectivity index (χ2v) is 17.8. The third-order valence-electron chi connectivity index (χ3n) is 9.22. The number of aryl methyl sites for hydroxylation is 1. The first kappa shape index (κ1) is 41.0. The summed E-state index contributed by atoms with van der Waals surface area (Å²) in [5.41, 5.74) is 5.62. The smallest absolute Gasteiger partial charge is 0.252 e. The molecule has 0 aliphatic heterocycles. The fraction of sp³-hybridized carbons (Fsp3) is 0.341. The molecule has 0 spiro atoms. The lowest BCUT2D eigenvalue weighted by molar-refractivity contribution is 0.343. The summed E-state index contributed by atoms with van der Waals surface area (Å²) in [6.07, 6.45) is 7.38. The Morgan fingerprint density at radius 3 is 1.46 bits per heavy atom. The molecule has 2 N–H and O–H groups in total. The molecule has 12 nitrogen and oxygen atoms in total. The molecule has 0 fully saturated rings. The Hall–Kier alpha value is -5.69. The van der Waals surface area contributed by atoms with E-state index in [1.165, 1.54) is 0 Å². The van der Waals surface area contributed by atoms with Gasteiger partial charge in [-0.25, -0.2) is 9.97 Å². The largest absolute Gasteiger partial charge is 0.348 e. The van der Waals surface area contributed by atoms with Gasteiger partial charge in [0.15, 0.2) is 0 Å². The summed E-state index contributed by atoms with van der Waals surface area (Å²) >= 11 is 3.45. The van der Waals surface area contributed by atoms with E-state index < -0.39 is 0 Å². The average Bonchev–Trinajstić information content (AvgIpc) is 3.60. The Morgan fingerprint density at radius 1 is 0.614 bits per heavy atom. The molecule has 0 saturated carbocycles. The van der Waals surface area contributed by atoms with E-state index >= 15 is 0 Å². The zero-order chi connectivity index (χ0) is 41.1. The van der Waals surface area contributed by atoms with Crippen LogP contribution in [-0.4, -0.2) is 38.9 Å². The number of pyridine rings is 2. The Bertz CT molecular complexity index is 2600. The number of aromatic nitrogens is 8. The Balaban J connectivity index is 0.000000196. The van der Waals surface area contributed by atoms with Gasteiger partial charge in [0.25, 0.3) is 11.1 Å². The molecular formula is C44H51BrN10O2. The first-order chi connectivity index (χ1) is 26.9. The highest BCUT2D eigenvalue weighted by atomic mass is 79.9. The van der Waals surface area contributed by atoms with Crippen LogP contribution >= 0.6 is 15.9 Å². The van der Waals surface area contributed by atoms with Gasteiger partial charge < -0.3 is 10.6 Å². The lowest BCUT2D eigenvalue weighted by Gasteiger charge is -2.21. The topological polar surface area (TPSA) is 137 Å². The summed E-state index contributed by atoms with van der Waals surface area (Å²) in [6.45, 7) is 18.0. The maximum Gasteiger partial charge on any atom is 0.252 e. The number of fused-ring (bicyclic) bond motifs is 2. The summed E-state index contributed by atoms with van der Waals surface area (Å²) in [5, 5.41) is 12.6. The molecular weight excluding hydrogens is 780 g/mol. The van der Waals surface area contributed by atoms with Crippen molar-refractivity contribution in [2.45, 2.75) is 80.6 Å². The number of benzene rings is 2. The monoisotopic (exact) mass is 830 g/mol. The second-order valence-electron chi connectivity index (χ2n) is 16.9.